The predicted octanol–water partition coefficient (Wildman–Crippen LogP) is 0.0976. The lowest BCUT2D eigenvalue weighted by Gasteiger charge is -2.09. The average molecular weight is 196 g/mol. The number of hydrogen-bond donors (Lipinski definition) is 1. The van der Waals surface area contributed by atoms with Crippen LogP contribution < -0.4 is 5.32 Å². The summed E-state index contributed by atoms with van der Waals surface area (Å²) in [5.41, 5.74) is 0. The molecule has 0 saturated carbocycles. The summed E-state index contributed by atoms with van der Waals surface area (Å²) in [5.74, 6) is -0.341. The molecule has 1 N–H and O–H groups in total. The van der Waals surface area contributed by atoms with Crippen molar-refractivity contribution in [3.05, 3.63) is 24.2 Å². The van der Waals surface area contributed by atoms with Crippen molar-refractivity contribution in [2.45, 2.75) is 0 Å². The smallest absolute Gasteiger partial charge is 0.287 e. The number of nitrogens with zero attached hydrogens (tertiary/aromatic N) is 1. The number of carbonyl (C=O) groups is 2. The molecule has 0 atom stereocenters. The maximum absolute atomic E-state index is 11.3. The van der Waals surface area contributed by atoms with E-state index in [9.17, 15) is 9.59 Å². The van der Waals surface area contributed by atoms with Crippen molar-refractivity contribution in [2.75, 3.05) is 20.6 Å². The van der Waals surface area contributed by atoms with E-state index in [1.807, 2.05) is 0 Å². The number of nitrogens with one attached hydrogen (secondary N) is 1. The van der Waals surface area contributed by atoms with Crippen LogP contribution in [0.15, 0.2) is 22.8 Å². The van der Waals surface area contributed by atoms with Crippen molar-refractivity contribution in [3.8, 4) is 0 Å². The van der Waals surface area contributed by atoms with Gasteiger partial charge in [-0.15, -0.1) is 0 Å². The van der Waals surface area contributed by atoms with E-state index in [0.29, 0.717) is 0 Å². The van der Waals surface area contributed by atoms with Gasteiger partial charge in [0.15, 0.2) is 5.76 Å². The van der Waals surface area contributed by atoms with Crippen LogP contribution in [-0.4, -0.2) is 37.4 Å². The molecule has 14 heavy (non-hydrogen) atoms. The lowest BCUT2D eigenvalue weighted by Crippen LogP contribution is -2.36. The molecule has 76 valence electrons. The summed E-state index contributed by atoms with van der Waals surface area (Å²) < 4.78 is 4.85. The van der Waals surface area contributed by atoms with Crippen molar-refractivity contribution < 1.29 is 14.0 Å². The lowest BCUT2D eigenvalue weighted by atomic mass is 10.4. The van der Waals surface area contributed by atoms with E-state index in [-0.39, 0.29) is 24.1 Å². The number of hydrogen-bond acceptors (Lipinski definition) is 3. The molecule has 0 bridgehead atoms. The van der Waals surface area contributed by atoms with Gasteiger partial charge in [0, 0.05) is 14.1 Å². The van der Waals surface area contributed by atoms with E-state index in [2.05, 4.69) is 5.32 Å². The Morgan fingerprint density at radius 1 is 1.50 bits per heavy atom. The van der Waals surface area contributed by atoms with Crippen LogP contribution >= 0.6 is 0 Å². The molecule has 0 aliphatic carbocycles. The van der Waals surface area contributed by atoms with Crippen molar-refractivity contribution in [2.24, 2.45) is 0 Å². The van der Waals surface area contributed by atoms with Gasteiger partial charge in [0.05, 0.1) is 12.8 Å². The monoisotopic (exact) mass is 196 g/mol. The Balaban J connectivity index is 2.40. The van der Waals surface area contributed by atoms with Crippen molar-refractivity contribution in [3.63, 3.8) is 0 Å². The Hall–Kier alpha value is -1.78. The Labute approximate surface area is 81.7 Å². The van der Waals surface area contributed by atoms with E-state index in [1.165, 1.54) is 17.2 Å². The number of likely N-dealkylation sites (N-methyl/N-ethyl adjacent to an activating group) is 1. The van der Waals surface area contributed by atoms with Gasteiger partial charge in [-0.25, -0.2) is 0 Å². The van der Waals surface area contributed by atoms with Gasteiger partial charge in [-0.1, -0.05) is 0 Å². The summed E-state index contributed by atoms with van der Waals surface area (Å²) in [6.07, 6.45) is 1.41. The maximum Gasteiger partial charge on any atom is 0.287 e. The molecule has 0 aromatic carbocycles. The molecule has 1 aromatic heterocycles. The molecule has 0 radical (unpaired) electrons. The van der Waals surface area contributed by atoms with E-state index in [0.717, 1.165) is 0 Å². The van der Waals surface area contributed by atoms with Crippen LogP contribution in [-0.2, 0) is 4.79 Å². The summed E-state index contributed by atoms with van der Waals surface area (Å²) >= 11 is 0. The highest BCUT2D eigenvalue weighted by atomic mass is 16.3. The largest absolute Gasteiger partial charge is 0.459 e. The fourth-order valence-corrected chi connectivity index (χ4v) is 0.809. The zero-order chi connectivity index (χ0) is 10.6. The molecule has 0 aliphatic heterocycles. The first-order valence-electron chi connectivity index (χ1n) is 4.13. The third-order valence-corrected chi connectivity index (χ3v) is 1.64. The summed E-state index contributed by atoms with van der Waals surface area (Å²) in [5, 5.41) is 2.44. The average Bonchev–Trinajstić information content (AvgIpc) is 2.66. The van der Waals surface area contributed by atoms with Crippen LogP contribution in [0.3, 0.4) is 0 Å². The first-order valence-corrected chi connectivity index (χ1v) is 4.13. The zero-order valence-electron chi connectivity index (χ0n) is 8.11. The van der Waals surface area contributed by atoms with Crippen molar-refractivity contribution in [1.29, 1.82) is 0 Å². The topological polar surface area (TPSA) is 62.6 Å². The molecule has 0 aliphatic rings. The van der Waals surface area contributed by atoms with Crippen LogP contribution in [0.25, 0.3) is 0 Å². The summed E-state index contributed by atoms with van der Waals surface area (Å²) in [4.78, 5) is 23.8. The van der Waals surface area contributed by atoms with E-state index in [4.69, 9.17) is 4.42 Å². The first kappa shape index (κ1) is 10.3. The van der Waals surface area contributed by atoms with Gasteiger partial charge < -0.3 is 14.6 Å². The number of rotatable bonds is 3. The predicted molar refractivity (Wildman–Crippen MR) is 49.7 cm³/mol. The normalized spacial score (nSPS) is 9.57. The van der Waals surface area contributed by atoms with E-state index in [1.54, 1.807) is 20.2 Å². The van der Waals surface area contributed by atoms with Gasteiger partial charge in [-0.3, -0.25) is 9.59 Å². The van der Waals surface area contributed by atoms with Gasteiger partial charge >= 0.3 is 0 Å². The molecule has 0 saturated heterocycles. The van der Waals surface area contributed by atoms with Crippen LogP contribution in [0.1, 0.15) is 10.6 Å². The molecule has 1 heterocycles. The number of amides is 2. The zero-order valence-corrected chi connectivity index (χ0v) is 8.11. The second-order valence-corrected chi connectivity index (χ2v) is 2.95. The fourth-order valence-electron chi connectivity index (χ4n) is 0.809. The van der Waals surface area contributed by atoms with E-state index < -0.39 is 0 Å². The molecule has 2 amide bonds. The third-order valence-electron chi connectivity index (χ3n) is 1.64. The summed E-state index contributed by atoms with van der Waals surface area (Å²) in [6, 6.07) is 3.15. The molecule has 1 aromatic rings. The number of carbonyl (C=O) groups excluding carboxylic acids is 2. The summed E-state index contributed by atoms with van der Waals surface area (Å²) in [7, 11) is 3.25. The Morgan fingerprint density at radius 2 is 2.21 bits per heavy atom. The van der Waals surface area contributed by atoms with Crippen molar-refractivity contribution >= 4 is 11.8 Å². The molecule has 0 fully saturated rings. The number of furan rings is 1. The lowest BCUT2D eigenvalue weighted by molar-refractivity contribution is -0.127. The third kappa shape index (κ3) is 2.62. The van der Waals surface area contributed by atoms with Crippen LogP contribution in [0.2, 0.25) is 0 Å². The standard InChI is InChI=1S/C9H12N2O3/c1-11(2)8(12)6-10-9(13)7-4-3-5-14-7/h3-5H,6H2,1-2H3,(H,10,13). The maximum atomic E-state index is 11.3. The van der Waals surface area contributed by atoms with Gasteiger partial charge in [0.1, 0.15) is 0 Å². The quantitative estimate of drug-likeness (QED) is 0.745. The fraction of sp³-hybridized carbons (Fsp3) is 0.333. The second kappa shape index (κ2) is 4.45. The second-order valence-electron chi connectivity index (χ2n) is 2.95. The first-order chi connectivity index (χ1) is 6.61. The Kier molecular flexibility index (Phi) is 3.28. The Bertz CT molecular complexity index is 317. The SMILES string of the molecule is CN(C)C(=O)CNC(=O)c1ccco1. The molecule has 0 spiro atoms. The van der Waals surface area contributed by atoms with Gasteiger partial charge in [-0.2, -0.15) is 0 Å². The summed E-state index contributed by atoms with van der Waals surface area (Å²) in [6.45, 7) is -0.0213. The molecular formula is C9H12N2O3. The van der Waals surface area contributed by atoms with Crippen LogP contribution in [0.4, 0.5) is 0 Å². The molecule has 5 nitrogen and oxygen atoms in total. The molecular weight excluding hydrogens is 184 g/mol. The molecule has 5 heteroatoms. The minimum Gasteiger partial charge on any atom is -0.459 e. The van der Waals surface area contributed by atoms with Gasteiger partial charge in [0.25, 0.3) is 5.91 Å². The van der Waals surface area contributed by atoms with E-state index >= 15 is 0 Å². The molecule has 1 rings (SSSR count). The Morgan fingerprint density at radius 3 is 2.71 bits per heavy atom. The van der Waals surface area contributed by atoms with Crippen LogP contribution in [0.5, 0.6) is 0 Å². The van der Waals surface area contributed by atoms with Crippen LogP contribution in [0, 0.1) is 0 Å². The molecule has 0 unspecified atom stereocenters. The minimum atomic E-state index is -0.384. The minimum absolute atomic E-state index is 0.0213. The van der Waals surface area contributed by atoms with Crippen molar-refractivity contribution in [1.82, 2.24) is 10.2 Å². The highest BCUT2D eigenvalue weighted by Crippen LogP contribution is 1.98. The van der Waals surface area contributed by atoms with Gasteiger partial charge in [0.2, 0.25) is 5.91 Å². The van der Waals surface area contributed by atoms with Gasteiger partial charge in [-0.05, 0) is 12.1 Å². The highest BCUT2D eigenvalue weighted by Gasteiger charge is 2.10. The highest BCUT2D eigenvalue weighted by molar-refractivity contribution is 5.94.